The molecule has 17 heavy (non-hydrogen) atoms. The molecule has 1 aromatic carbocycles. The summed E-state index contributed by atoms with van der Waals surface area (Å²) in [5, 5.41) is 0. The molecule has 1 fully saturated rings. The molecule has 94 valence electrons. The van der Waals surface area contributed by atoms with Crippen LogP contribution in [0.2, 0.25) is 0 Å². The molecule has 1 saturated heterocycles. The molecule has 4 heteroatoms. The van der Waals surface area contributed by atoms with Gasteiger partial charge in [-0.1, -0.05) is 22.0 Å². The molecule has 1 aliphatic heterocycles. The maximum Gasteiger partial charge on any atom is 0.0539 e. The van der Waals surface area contributed by atoms with Gasteiger partial charge in [0.2, 0.25) is 0 Å². The Kier molecular flexibility index (Phi) is 4.07. The van der Waals surface area contributed by atoms with Crippen LogP contribution in [0.4, 0.5) is 5.69 Å². The molecule has 0 bridgehead atoms. The van der Waals surface area contributed by atoms with Crippen LogP contribution in [0.15, 0.2) is 22.7 Å². The predicted molar refractivity (Wildman–Crippen MR) is 76.6 cm³/mol. The van der Waals surface area contributed by atoms with E-state index in [1.807, 2.05) is 0 Å². The van der Waals surface area contributed by atoms with Gasteiger partial charge >= 0.3 is 0 Å². The van der Waals surface area contributed by atoms with Gasteiger partial charge in [-0.05, 0) is 31.7 Å². The second-order valence-corrected chi connectivity index (χ2v) is 5.63. The van der Waals surface area contributed by atoms with E-state index >= 15 is 0 Å². The summed E-state index contributed by atoms with van der Waals surface area (Å²) < 4.78 is 1.17. The molecule has 3 nitrogen and oxygen atoms in total. The van der Waals surface area contributed by atoms with Gasteiger partial charge in [-0.3, -0.25) is 0 Å². The van der Waals surface area contributed by atoms with Crippen LogP contribution in [-0.2, 0) is 0 Å². The van der Waals surface area contributed by atoms with Gasteiger partial charge in [0.25, 0.3) is 0 Å². The van der Waals surface area contributed by atoms with E-state index in [1.54, 1.807) is 0 Å². The number of anilines is 1. The van der Waals surface area contributed by atoms with E-state index in [4.69, 9.17) is 5.73 Å². The van der Waals surface area contributed by atoms with Crippen LogP contribution < -0.4 is 10.6 Å². The van der Waals surface area contributed by atoms with Gasteiger partial charge < -0.3 is 15.5 Å². The largest absolute Gasteiger partial charge is 0.365 e. The molecule has 0 saturated carbocycles. The molecule has 1 heterocycles. The molecule has 0 aliphatic carbocycles. The lowest BCUT2D eigenvalue weighted by Gasteiger charge is -2.41. The maximum absolute atomic E-state index is 5.88. The Morgan fingerprint density at radius 2 is 2.18 bits per heavy atom. The molecular formula is C13H20BrN3. The van der Waals surface area contributed by atoms with Gasteiger partial charge in [0, 0.05) is 36.3 Å². The van der Waals surface area contributed by atoms with Crippen LogP contribution >= 0.6 is 15.9 Å². The lowest BCUT2D eigenvalue weighted by molar-refractivity contribution is 0.270. The standard InChI is InChI=1S/C13H20BrN3/c1-10-3-4-11(7-13(10)14)17-6-5-16(2)9-12(17)8-15/h3-4,7,12H,5-6,8-9,15H2,1-2H3. The molecule has 2 rings (SSSR count). The van der Waals surface area contributed by atoms with Crippen molar-refractivity contribution in [1.82, 2.24) is 4.90 Å². The molecule has 0 spiro atoms. The van der Waals surface area contributed by atoms with Crippen molar-refractivity contribution in [3.63, 3.8) is 0 Å². The fourth-order valence-electron chi connectivity index (χ4n) is 2.31. The Hall–Kier alpha value is -0.580. The SMILES string of the molecule is Cc1ccc(N2CCN(C)CC2CN)cc1Br. The number of likely N-dealkylation sites (N-methyl/N-ethyl adjacent to an activating group) is 1. The van der Waals surface area contributed by atoms with Crippen molar-refractivity contribution in [2.24, 2.45) is 5.73 Å². The van der Waals surface area contributed by atoms with Gasteiger partial charge in [0.1, 0.15) is 0 Å². The maximum atomic E-state index is 5.88. The summed E-state index contributed by atoms with van der Waals surface area (Å²) in [6.07, 6.45) is 0. The molecule has 1 aliphatic rings. The lowest BCUT2D eigenvalue weighted by atomic mass is 10.1. The van der Waals surface area contributed by atoms with Crippen LogP contribution in [0.3, 0.4) is 0 Å². The summed E-state index contributed by atoms with van der Waals surface area (Å²) in [5.74, 6) is 0. The minimum Gasteiger partial charge on any atom is -0.365 e. The van der Waals surface area contributed by atoms with Gasteiger partial charge in [-0.25, -0.2) is 0 Å². The highest BCUT2D eigenvalue weighted by Crippen LogP contribution is 2.26. The van der Waals surface area contributed by atoms with Crippen molar-refractivity contribution in [3.05, 3.63) is 28.2 Å². The zero-order chi connectivity index (χ0) is 12.4. The topological polar surface area (TPSA) is 32.5 Å². The Bertz CT molecular complexity index is 394. The van der Waals surface area contributed by atoms with E-state index in [2.05, 4.69) is 57.9 Å². The highest BCUT2D eigenvalue weighted by Gasteiger charge is 2.24. The summed E-state index contributed by atoms with van der Waals surface area (Å²) in [6.45, 7) is 6.01. The Balaban J connectivity index is 2.22. The number of rotatable bonds is 2. The summed E-state index contributed by atoms with van der Waals surface area (Å²) in [7, 11) is 2.16. The van der Waals surface area contributed by atoms with Gasteiger partial charge in [-0.15, -0.1) is 0 Å². The van der Waals surface area contributed by atoms with E-state index < -0.39 is 0 Å². The minimum absolute atomic E-state index is 0.420. The normalized spacial score (nSPS) is 21.9. The Morgan fingerprint density at radius 3 is 2.82 bits per heavy atom. The van der Waals surface area contributed by atoms with Crippen molar-refractivity contribution < 1.29 is 0 Å². The summed E-state index contributed by atoms with van der Waals surface area (Å²) in [5.41, 5.74) is 8.42. The first-order valence-corrected chi connectivity index (χ1v) is 6.82. The first-order chi connectivity index (χ1) is 8.11. The molecule has 1 unspecified atom stereocenters. The molecule has 0 radical (unpaired) electrons. The van der Waals surface area contributed by atoms with Gasteiger partial charge in [0.05, 0.1) is 6.04 Å². The van der Waals surface area contributed by atoms with Crippen LogP contribution in [0.25, 0.3) is 0 Å². The second kappa shape index (κ2) is 5.38. The smallest absolute Gasteiger partial charge is 0.0539 e. The Labute approximate surface area is 112 Å². The Morgan fingerprint density at radius 1 is 1.41 bits per heavy atom. The van der Waals surface area contributed by atoms with Crippen molar-refractivity contribution in [2.75, 3.05) is 38.1 Å². The highest BCUT2D eigenvalue weighted by molar-refractivity contribution is 9.10. The molecular weight excluding hydrogens is 278 g/mol. The number of piperazine rings is 1. The zero-order valence-electron chi connectivity index (χ0n) is 10.5. The third-order valence-corrected chi connectivity index (χ3v) is 4.30. The van der Waals surface area contributed by atoms with E-state index in [1.165, 1.54) is 15.7 Å². The molecule has 0 aromatic heterocycles. The van der Waals surface area contributed by atoms with Gasteiger partial charge in [0.15, 0.2) is 0 Å². The van der Waals surface area contributed by atoms with Crippen LogP contribution in [-0.4, -0.2) is 44.2 Å². The van der Waals surface area contributed by atoms with Crippen LogP contribution in [0, 0.1) is 6.92 Å². The number of aryl methyl sites for hydroxylation is 1. The summed E-state index contributed by atoms with van der Waals surface area (Å²) in [6, 6.07) is 6.96. The lowest BCUT2D eigenvalue weighted by Crippen LogP contribution is -2.55. The second-order valence-electron chi connectivity index (χ2n) is 4.78. The first kappa shape index (κ1) is 12.9. The monoisotopic (exact) mass is 297 g/mol. The molecule has 1 aromatic rings. The van der Waals surface area contributed by atoms with Crippen molar-refractivity contribution in [2.45, 2.75) is 13.0 Å². The number of hydrogen-bond acceptors (Lipinski definition) is 3. The first-order valence-electron chi connectivity index (χ1n) is 6.03. The van der Waals surface area contributed by atoms with Crippen molar-refractivity contribution in [1.29, 1.82) is 0 Å². The molecule has 1 atom stereocenters. The fraction of sp³-hybridized carbons (Fsp3) is 0.538. The summed E-state index contributed by atoms with van der Waals surface area (Å²) in [4.78, 5) is 4.77. The van der Waals surface area contributed by atoms with E-state index in [0.717, 1.165) is 19.6 Å². The number of nitrogens with two attached hydrogens (primary N) is 1. The average molecular weight is 298 g/mol. The summed E-state index contributed by atoms with van der Waals surface area (Å²) >= 11 is 3.60. The highest BCUT2D eigenvalue weighted by atomic mass is 79.9. The van der Waals surface area contributed by atoms with E-state index in [9.17, 15) is 0 Å². The number of halogens is 1. The van der Waals surface area contributed by atoms with Crippen molar-refractivity contribution >= 4 is 21.6 Å². The van der Waals surface area contributed by atoms with Gasteiger partial charge in [-0.2, -0.15) is 0 Å². The van der Waals surface area contributed by atoms with E-state index in [-0.39, 0.29) is 0 Å². The fourth-order valence-corrected chi connectivity index (χ4v) is 2.68. The third kappa shape index (κ3) is 2.81. The van der Waals surface area contributed by atoms with Crippen LogP contribution in [0.1, 0.15) is 5.56 Å². The average Bonchev–Trinajstić information content (AvgIpc) is 2.32. The van der Waals surface area contributed by atoms with E-state index in [0.29, 0.717) is 12.6 Å². The van der Waals surface area contributed by atoms with Crippen LogP contribution in [0.5, 0.6) is 0 Å². The predicted octanol–water partition coefficient (Wildman–Crippen LogP) is 1.84. The van der Waals surface area contributed by atoms with Crippen molar-refractivity contribution in [3.8, 4) is 0 Å². The quantitative estimate of drug-likeness (QED) is 0.904. The molecule has 2 N–H and O–H groups in total. The zero-order valence-corrected chi connectivity index (χ0v) is 12.1. The number of nitrogens with zero attached hydrogens (tertiary/aromatic N) is 2. The number of hydrogen-bond donors (Lipinski definition) is 1. The minimum atomic E-state index is 0.420. The third-order valence-electron chi connectivity index (χ3n) is 3.44. The molecule has 0 amide bonds. The number of benzene rings is 1.